The van der Waals surface area contributed by atoms with Crippen molar-refractivity contribution in [1.29, 1.82) is 5.26 Å². The number of nitrogens with two attached hydrogens (primary N) is 1. The Morgan fingerprint density at radius 2 is 1.90 bits per heavy atom. The average molecular weight is 280 g/mol. The van der Waals surface area contributed by atoms with Crippen molar-refractivity contribution in [2.24, 2.45) is 5.73 Å². The lowest BCUT2D eigenvalue weighted by Crippen LogP contribution is -2.29. The highest BCUT2D eigenvalue weighted by Gasteiger charge is 2.19. The molecule has 0 amide bonds. The molecular formula is C18H20N2O. The van der Waals surface area contributed by atoms with Crippen LogP contribution in [0.3, 0.4) is 0 Å². The Balaban J connectivity index is 2.35. The predicted molar refractivity (Wildman–Crippen MR) is 84.1 cm³/mol. The molecule has 0 aliphatic rings. The summed E-state index contributed by atoms with van der Waals surface area (Å²) in [5.41, 5.74) is 9.89. The van der Waals surface area contributed by atoms with E-state index in [2.05, 4.69) is 12.1 Å². The standard InChI is InChI=1S/C18H20N2O/c1-12-5-4-6-16(9-12)18(14(3)20)21-17-10-15(11-19)8-7-13(17)2/h4-10,14,18H,20H2,1-3H3. The van der Waals surface area contributed by atoms with Gasteiger partial charge in [0, 0.05) is 6.04 Å². The summed E-state index contributed by atoms with van der Waals surface area (Å²) in [5, 5.41) is 9.02. The lowest BCUT2D eigenvalue weighted by molar-refractivity contribution is 0.179. The third-order valence-electron chi connectivity index (χ3n) is 3.42. The van der Waals surface area contributed by atoms with E-state index >= 15 is 0 Å². The summed E-state index contributed by atoms with van der Waals surface area (Å²) in [6.07, 6.45) is -0.238. The second kappa shape index (κ2) is 6.43. The largest absolute Gasteiger partial charge is 0.484 e. The molecule has 0 heterocycles. The topological polar surface area (TPSA) is 59.0 Å². The van der Waals surface area contributed by atoms with E-state index in [9.17, 15) is 0 Å². The lowest BCUT2D eigenvalue weighted by Gasteiger charge is -2.24. The number of aryl methyl sites for hydroxylation is 2. The minimum absolute atomic E-state index is 0.156. The van der Waals surface area contributed by atoms with E-state index in [1.54, 1.807) is 12.1 Å². The van der Waals surface area contributed by atoms with Crippen molar-refractivity contribution >= 4 is 0 Å². The molecule has 2 rings (SSSR count). The molecule has 2 atom stereocenters. The Bertz CT molecular complexity index is 671. The van der Waals surface area contributed by atoms with Crippen LogP contribution in [0.15, 0.2) is 42.5 Å². The molecule has 0 aliphatic carbocycles. The van der Waals surface area contributed by atoms with Crippen molar-refractivity contribution in [2.45, 2.75) is 32.9 Å². The van der Waals surface area contributed by atoms with Crippen molar-refractivity contribution in [3.8, 4) is 11.8 Å². The zero-order valence-corrected chi connectivity index (χ0v) is 12.6. The highest BCUT2D eigenvalue weighted by Crippen LogP contribution is 2.28. The molecule has 0 radical (unpaired) electrons. The van der Waals surface area contributed by atoms with Gasteiger partial charge in [0.05, 0.1) is 11.6 Å². The van der Waals surface area contributed by atoms with Gasteiger partial charge in [-0.2, -0.15) is 5.26 Å². The summed E-state index contributed by atoms with van der Waals surface area (Å²) in [7, 11) is 0. The first-order chi connectivity index (χ1) is 10.0. The number of rotatable bonds is 4. The molecule has 0 saturated heterocycles. The van der Waals surface area contributed by atoms with Crippen LogP contribution >= 0.6 is 0 Å². The van der Waals surface area contributed by atoms with Crippen LogP contribution in [0, 0.1) is 25.2 Å². The summed E-state index contributed by atoms with van der Waals surface area (Å²) in [5.74, 6) is 0.706. The van der Waals surface area contributed by atoms with Gasteiger partial charge < -0.3 is 10.5 Å². The summed E-state index contributed by atoms with van der Waals surface area (Å²) in [6, 6.07) is 15.6. The third kappa shape index (κ3) is 3.62. The Labute approximate surface area is 126 Å². The maximum Gasteiger partial charge on any atom is 0.138 e. The van der Waals surface area contributed by atoms with Gasteiger partial charge in [-0.05, 0) is 44.0 Å². The van der Waals surface area contributed by atoms with Gasteiger partial charge in [0.15, 0.2) is 0 Å². The van der Waals surface area contributed by atoms with E-state index in [4.69, 9.17) is 15.7 Å². The normalized spacial score (nSPS) is 13.3. The second-order valence-corrected chi connectivity index (χ2v) is 5.40. The maximum absolute atomic E-state index is 9.02. The minimum Gasteiger partial charge on any atom is -0.484 e. The van der Waals surface area contributed by atoms with Crippen LogP contribution in [0.4, 0.5) is 0 Å². The Morgan fingerprint density at radius 3 is 2.52 bits per heavy atom. The summed E-state index contributed by atoms with van der Waals surface area (Å²) < 4.78 is 6.11. The van der Waals surface area contributed by atoms with Gasteiger partial charge in [-0.1, -0.05) is 35.9 Å². The van der Waals surface area contributed by atoms with E-state index in [-0.39, 0.29) is 12.1 Å². The zero-order chi connectivity index (χ0) is 15.4. The molecular weight excluding hydrogens is 260 g/mol. The highest BCUT2D eigenvalue weighted by atomic mass is 16.5. The van der Waals surface area contributed by atoms with E-state index in [1.165, 1.54) is 5.56 Å². The van der Waals surface area contributed by atoms with Gasteiger partial charge in [0.1, 0.15) is 11.9 Å². The molecule has 0 spiro atoms. The molecule has 0 aromatic heterocycles. The molecule has 108 valence electrons. The quantitative estimate of drug-likeness (QED) is 0.930. The van der Waals surface area contributed by atoms with Crippen LogP contribution in [-0.2, 0) is 0 Å². The number of nitrogens with zero attached hydrogens (tertiary/aromatic N) is 1. The first kappa shape index (κ1) is 15.1. The molecule has 0 saturated carbocycles. The van der Waals surface area contributed by atoms with Gasteiger partial charge >= 0.3 is 0 Å². The SMILES string of the molecule is Cc1cccc(C(Oc2cc(C#N)ccc2C)C(C)N)c1. The van der Waals surface area contributed by atoms with Crippen LogP contribution in [0.1, 0.15) is 35.3 Å². The molecule has 2 N–H and O–H groups in total. The van der Waals surface area contributed by atoms with Gasteiger partial charge in [-0.15, -0.1) is 0 Å². The lowest BCUT2D eigenvalue weighted by atomic mass is 10.0. The number of nitriles is 1. The van der Waals surface area contributed by atoms with Crippen LogP contribution in [0.2, 0.25) is 0 Å². The monoisotopic (exact) mass is 280 g/mol. The van der Waals surface area contributed by atoms with Crippen molar-refractivity contribution < 1.29 is 4.74 Å². The predicted octanol–water partition coefficient (Wildman–Crippen LogP) is 3.64. The smallest absolute Gasteiger partial charge is 0.138 e. The third-order valence-corrected chi connectivity index (χ3v) is 3.42. The van der Waals surface area contributed by atoms with Gasteiger partial charge in [-0.25, -0.2) is 0 Å². The number of benzene rings is 2. The highest BCUT2D eigenvalue weighted by molar-refractivity contribution is 5.42. The minimum atomic E-state index is -0.238. The first-order valence-electron chi connectivity index (χ1n) is 7.01. The first-order valence-corrected chi connectivity index (χ1v) is 7.01. The molecule has 0 fully saturated rings. The molecule has 2 unspecified atom stereocenters. The molecule has 0 aliphatic heterocycles. The number of hydrogen-bond donors (Lipinski definition) is 1. The van der Waals surface area contributed by atoms with Gasteiger partial charge in [-0.3, -0.25) is 0 Å². The van der Waals surface area contributed by atoms with Crippen molar-refractivity contribution in [2.75, 3.05) is 0 Å². The molecule has 21 heavy (non-hydrogen) atoms. The average Bonchev–Trinajstić information content (AvgIpc) is 2.46. The van der Waals surface area contributed by atoms with Crippen LogP contribution < -0.4 is 10.5 Å². The summed E-state index contributed by atoms with van der Waals surface area (Å²) >= 11 is 0. The summed E-state index contributed by atoms with van der Waals surface area (Å²) in [6.45, 7) is 5.94. The van der Waals surface area contributed by atoms with Gasteiger partial charge in [0.2, 0.25) is 0 Å². The van der Waals surface area contributed by atoms with E-state index < -0.39 is 0 Å². The van der Waals surface area contributed by atoms with Crippen LogP contribution in [-0.4, -0.2) is 6.04 Å². The molecule has 0 bridgehead atoms. The Kier molecular flexibility index (Phi) is 4.62. The van der Waals surface area contributed by atoms with Crippen molar-refractivity contribution in [3.05, 3.63) is 64.7 Å². The van der Waals surface area contributed by atoms with E-state index in [1.807, 2.05) is 45.0 Å². The summed E-state index contributed by atoms with van der Waals surface area (Å²) in [4.78, 5) is 0. The molecule has 3 nitrogen and oxygen atoms in total. The number of ether oxygens (including phenoxy) is 1. The Morgan fingerprint density at radius 1 is 1.14 bits per heavy atom. The van der Waals surface area contributed by atoms with E-state index in [0.717, 1.165) is 11.1 Å². The number of hydrogen-bond acceptors (Lipinski definition) is 3. The zero-order valence-electron chi connectivity index (χ0n) is 12.6. The maximum atomic E-state index is 9.02. The molecule has 3 heteroatoms. The Hall–Kier alpha value is -2.31. The van der Waals surface area contributed by atoms with Crippen molar-refractivity contribution in [3.63, 3.8) is 0 Å². The van der Waals surface area contributed by atoms with Crippen LogP contribution in [0.5, 0.6) is 5.75 Å². The second-order valence-electron chi connectivity index (χ2n) is 5.40. The fraction of sp³-hybridized carbons (Fsp3) is 0.278. The van der Waals surface area contributed by atoms with Gasteiger partial charge in [0.25, 0.3) is 0 Å². The van der Waals surface area contributed by atoms with Crippen molar-refractivity contribution in [1.82, 2.24) is 0 Å². The fourth-order valence-electron chi connectivity index (χ4n) is 2.26. The fourth-order valence-corrected chi connectivity index (χ4v) is 2.26. The molecule has 2 aromatic carbocycles. The van der Waals surface area contributed by atoms with Crippen LogP contribution in [0.25, 0.3) is 0 Å². The van der Waals surface area contributed by atoms with E-state index in [0.29, 0.717) is 11.3 Å². The molecule has 2 aromatic rings.